The van der Waals surface area contributed by atoms with E-state index in [0.29, 0.717) is 0 Å². The lowest BCUT2D eigenvalue weighted by Crippen LogP contribution is -2.25. The van der Waals surface area contributed by atoms with Gasteiger partial charge < -0.3 is 10.3 Å². The number of hydrogen-bond acceptors (Lipinski definition) is 2. The highest BCUT2D eigenvalue weighted by atomic mass is 15.0. The first-order chi connectivity index (χ1) is 8.33. The van der Waals surface area contributed by atoms with Crippen molar-refractivity contribution in [1.82, 2.24) is 15.3 Å². The standard InChI is InChI=1S/C14H25N3/c1-3-7-13-12(4-2)16-14(17-13)10-15-11-8-5-6-9-11/h11,15H,3-10H2,1-2H3,(H,16,17). The summed E-state index contributed by atoms with van der Waals surface area (Å²) in [6.45, 7) is 5.31. The van der Waals surface area contributed by atoms with Crippen molar-refractivity contribution < 1.29 is 0 Å². The highest BCUT2D eigenvalue weighted by molar-refractivity contribution is 5.15. The lowest BCUT2D eigenvalue weighted by atomic mass is 10.2. The van der Waals surface area contributed by atoms with Crippen LogP contribution >= 0.6 is 0 Å². The Balaban J connectivity index is 1.90. The van der Waals surface area contributed by atoms with Crippen molar-refractivity contribution in [2.45, 2.75) is 71.4 Å². The van der Waals surface area contributed by atoms with Crippen LogP contribution in [-0.4, -0.2) is 16.0 Å². The quantitative estimate of drug-likeness (QED) is 0.796. The monoisotopic (exact) mass is 235 g/mol. The second-order valence-corrected chi connectivity index (χ2v) is 5.07. The first kappa shape index (κ1) is 12.6. The number of H-pyrrole nitrogens is 1. The Morgan fingerprint density at radius 2 is 2.06 bits per heavy atom. The van der Waals surface area contributed by atoms with Crippen molar-refractivity contribution in [1.29, 1.82) is 0 Å². The van der Waals surface area contributed by atoms with Crippen molar-refractivity contribution in [3.63, 3.8) is 0 Å². The van der Waals surface area contributed by atoms with Crippen LogP contribution in [0.5, 0.6) is 0 Å². The van der Waals surface area contributed by atoms with Crippen LogP contribution in [0, 0.1) is 0 Å². The Morgan fingerprint density at radius 1 is 1.29 bits per heavy atom. The summed E-state index contributed by atoms with van der Waals surface area (Å²) in [6.07, 6.45) is 8.79. The fourth-order valence-corrected chi connectivity index (χ4v) is 2.71. The Hall–Kier alpha value is -0.830. The van der Waals surface area contributed by atoms with Crippen molar-refractivity contribution in [3.8, 4) is 0 Å². The SMILES string of the molecule is CCCc1[nH]c(CNC2CCCC2)nc1CC. The molecular formula is C14H25N3. The molecule has 1 aliphatic carbocycles. The summed E-state index contributed by atoms with van der Waals surface area (Å²) in [7, 11) is 0. The van der Waals surface area contributed by atoms with Gasteiger partial charge in [0, 0.05) is 11.7 Å². The number of imidazole rings is 1. The van der Waals surface area contributed by atoms with Crippen molar-refractivity contribution >= 4 is 0 Å². The van der Waals surface area contributed by atoms with Gasteiger partial charge in [-0.2, -0.15) is 0 Å². The molecule has 3 nitrogen and oxygen atoms in total. The van der Waals surface area contributed by atoms with Crippen molar-refractivity contribution in [2.75, 3.05) is 0 Å². The van der Waals surface area contributed by atoms with Crippen molar-refractivity contribution in [3.05, 3.63) is 17.2 Å². The number of aromatic amines is 1. The Bertz CT molecular complexity index is 337. The Kier molecular flexibility index (Phi) is 4.60. The molecule has 1 aromatic rings. The second kappa shape index (κ2) is 6.20. The zero-order valence-corrected chi connectivity index (χ0v) is 11.2. The van der Waals surface area contributed by atoms with E-state index in [-0.39, 0.29) is 0 Å². The van der Waals surface area contributed by atoms with E-state index < -0.39 is 0 Å². The molecule has 0 saturated heterocycles. The number of aromatic nitrogens is 2. The third-order valence-corrected chi connectivity index (χ3v) is 3.66. The molecule has 2 rings (SSSR count). The van der Waals surface area contributed by atoms with E-state index in [1.165, 1.54) is 43.5 Å². The maximum Gasteiger partial charge on any atom is 0.120 e. The van der Waals surface area contributed by atoms with E-state index in [1.807, 2.05) is 0 Å². The van der Waals surface area contributed by atoms with Crippen LogP contribution in [0.2, 0.25) is 0 Å². The van der Waals surface area contributed by atoms with E-state index >= 15 is 0 Å². The van der Waals surface area contributed by atoms with Gasteiger partial charge in [-0.25, -0.2) is 4.98 Å². The average molecular weight is 235 g/mol. The molecule has 0 unspecified atom stereocenters. The van der Waals surface area contributed by atoms with E-state index in [0.717, 1.165) is 31.3 Å². The highest BCUT2D eigenvalue weighted by Crippen LogP contribution is 2.18. The third-order valence-electron chi connectivity index (χ3n) is 3.66. The molecular weight excluding hydrogens is 210 g/mol. The molecule has 1 heterocycles. The molecule has 1 aliphatic rings. The van der Waals surface area contributed by atoms with Gasteiger partial charge in [0.2, 0.25) is 0 Å². The molecule has 0 aliphatic heterocycles. The topological polar surface area (TPSA) is 40.7 Å². The first-order valence-corrected chi connectivity index (χ1v) is 7.13. The normalized spacial score (nSPS) is 16.8. The first-order valence-electron chi connectivity index (χ1n) is 7.13. The molecule has 1 aromatic heterocycles. The van der Waals surface area contributed by atoms with E-state index in [9.17, 15) is 0 Å². The largest absolute Gasteiger partial charge is 0.345 e. The Labute approximate surface area is 104 Å². The zero-order valence-electron chi connectivity index (χ0n) is 11.2. The third kappa shape index (κ3) is 3.32. The van der Waals surface area contributed by atoms with Gasteiger partial charge in [0.25, 0.3) is 0 Å². The number of hydrogen-bond donors (Lipinski definition) is 2. The minimum atomic E-state index is 0.722. The molecule has 1 saturated carbocycles. The molecule has 0 bridgehead atoms. The predicted octanol–water partition coefficient (Wildman–Crippen LogP) is 2.96. The summed E-state index contributed by atoms with van der Waals surface area (Å²) in [4.78, 5) is 8.17. The van der Waals surface area contributed by atoms with Crippen LogP contribution in [-0.2, 0) is 19.4 Å². The maximum atomic E-state index is 4.69. The summed E-state index contributed by atoms with van der Waals surface area (Å²) in [5.74, 6) is 1.12. The van der Waals surface area contributed by atoms with E-state index in [4.69, 9.17) is 4.98 Å². The summed E-state index contributed by atoms with van der Waals surface area (Å²) in [5, 5.41) is 3.61. The van der Waals surface area contributed by atoms with Crippen LogP contribution in [0.4, 0.5) is 0 Å². The summed E-state index contributed by atoms with van der Waals surface area (Å²) in [5.41, 5.74) is 2.60. The predicted molar refractivity (Wildman–Crippen MR) is 71.1 cm³/mol. The van der Waals surface area contributed by atoms with Crippen LogP contribution in [0.25, 0.3) is 0 Å². The van der Waals surface area contributed by atoms with E-state index in [2.05, 4.69) is 24.1 Å². The summed E-state index contributed by atoms with van der Waals surface area (Å²) in [6, 6.07) is 0.722. The van der Waals surface area contributed by atoms with Gasteiger partial charge in [0.1, 0.15) is 5.82 Å². The molecule has 0 amide bonds. The molecule has 0 aromatic carbocycles. The van der Waals surface area contributed by atoms with Gasteiger partial charge in [-0.1, -0.05) is 33.1 Å². The van der Waals surface area contributed by atoms with E-state index in [1.54, 1.807) is 0 Å². The van der Waals surface area contributed by atoms with Crippen LogP contribution in [0.15, 0.2) is 0 Å². The molecule has 2 N–H and O–H groups in total. The van der Waals surface area contributed by atoms with Gasteiger partial charge in [-0.3, -0.25) is 0 Å². The maximum absolute atomic E-state index is 4.69. The van der Waals surface area contributed by atoms with Gasteiger partial charge >= 0.3 is 0 Å². The fraction of sp³-hybridized carbons (Fsp3) is 0.786. The van der Waals surface area contributed by atoms with Crippen LogP contribution in [0.3, 0.4) is 0 Å². The summed E-state index contributed by atoms with van der Waals surface area (Å²) >= 11 is 0. The number of nitrogens with zero attached hydrogens (tertiary/aromatic N) is 1. The lowest BCUT2D eigenvalue weighted by molar-refractivity contribution is 0.515. The van der Waals surface area contributed by atoms with Gasteiger partial charge in [0.15, 0.2) is 0 Å². The molecule has 0 atom stereocenters. The molecule has 17 heavy (non-hydrogen) atoms. The molecule has 3 heteroatoms. The van der Waals surface area contributed by atoms with Crippen LogP contribution in [0.1, 0.15) is 63.2 Å². The molecule has 1 fully saturated rings. The van der Waals surface area contributed by atoms with Crippen LogP contribution < -0.4 is 5.32 Å². The molecule has 0 spiro atoms. The lowest BCUT2D eigenvalue weighted by Gasteiger charge is -2.09. The minimum Gasteiger partial charge on any atom is -0.345 e. The second-order valence-electron chi connectivity index (χ2n) is 5.07. The smallest absolute Gasteiger partial charge is 0.120 e. The number of rotatable bonds is 6. The number of nitrogens with one attached hydrogen (secondary N) is 2. The Morgan fingerprint density at radius 3 is 2.71 bits per heavy atom. The average Bonchev–Trinajstić information content (AvgIpc) is 2.95. The highest BCUT2D eigenvalue weighted by Gasteiger charge is 2.15. The minimum absolute atomic E-state index is 0.722. The van der Waals surface area contributed by atoms with Gasteiger partial charge in [-0.05, 0) is 25.7 Å². The number of aryl methyl sites for hydroxylation is 2. The fourth-order valence-electron chi connectivity index (χ4n) is 2.71. The molecule has 96 valence electrons. The molecule has 0 radical (unpaired) electrons. The van der Waals surface area contributed by atoms with Crippen molar-refractivity contribution in [2.24, 2.45) is 0 Å². The zero-order chi connectivity index (χ0) is 12.1. The van der Waals surface area contributed by atoms with Gasteiger partial charge in [-0.15, -0.1) is 0 Å². The summed E-state index contributed by atoms with van der Waals surface area (Å²) < 4.78 is 0. The van der Waals surface area contributed by atoms with Gasteiger partial charge in [0.05, 0.1) is 12.2 Å².